The van der Waals surface area contributed by atoms with Crippen molar-refractivity contribution >= 4 is 29.3 Å². The summed E-state index contributed by atoms with van der Waals surface area (Å²) in [6.07, 6.45) is 0.828. The summed E-state index contributed by atoms with van der Waals surface area (Å²) in [5, 5.41) is 0.454. The molecule has 1 saturated heterocycles. The first-order chi connectivity index (χ1) is 14.4. The molecule has 0 radical (unpaired) electrons. The standard InChI is InChI=1S/C20H25ClN4O5/c1-12-7-18(24-20(22)23-12)25-5-4-6-29-10-15(25)13-8-16(27-2)17(9-14(13)21)30-11-19(26)28-3/h7-9,15H,4-6,10-11H2,1-3H3,(H2,22,23,24). The average Bonchev–Trinajstić information content (AvgIpc) is 2.97. The Morgan fingerprint density at radius 1 is 1.30 bits per heavy atom. The fourth-order valence-electron chi connectivity index (χ4n) is 3.31. The van der Waals surface area contributed by atoms with Gasteiger partial charge in [-0.1, -0.05) is 11.6 Å². The van der Waals surface area contributed by atoms with E-state index in [1.54, 1.807) is 12.1 Å². The highest BCUT2D eigenvalue weighted by Crippen LogP contribution is 2.39. The van der Waals surface area contributed by atoms with E-state index < -0.39 is 5.97 Å². The molecular formula is C20H25ClN4O5. The zero-order chi connectivity index (χ0) is 21.7. The van der Waals surface area contributed by atoms with Gasteiger partial charge in [0.15, 0.2) is 18.1 Å². The second-order valence-electron chi connectivity index (χ2n) is 6.75. The highest BCUT2D eigenvalue weighted by atomic mass is 35.5. The van der Waals surface area contributed by atoms with Gasteiger partial charge < -0.3 is 29.6 Å². The Balaban J connectivity index is 1.98. The van der Waals surface area contributed by atoms with E-state index in [0.29, 0.717) is 42.1 Å². The molecule has 3 rings (SSSR count). The number of halogens is 1. The van der Waals surface area contributed by atoms with Crippen LogP contribution >= 0.6 is 11.6 Å². The van der Waals surface area contributed by atoms with Crippen molar-refractivity contribution < 1.29 is 23.7 Å². The second kappa shape index (κ2) is 9.82. The first kappa shape index (κ1) is 21.9. The van der Waals surface area contributed by atoms with E-state index in [-0.39, 0.29) is 18.6 Å². The molecule has 1 aromatic heterocycles. The number of hydrogen-bond acceptors (Lipinski definition) is 9. The third kappa shape index (κ3) is 5.03. The molecular weight excluding hydrogens is 412 g/mol. The highest BCUT2D eigenvalue weighted by Gasteiger charge is 2.28. The third-order valence-electron chi connectivity index (χ3n) is 4.71. The highest BCUT2D eigenvalue weighted by molar-refractivity contribution is 6.31. The quantitative estimate of drug-likeness (QED) is 0.683. The predicted molar refractivity (Wildman–Crippen MR) is 112 cm³/mol. The van der Waals surface area contributed by atoms with E-state index in [2.05, 4.69) is 19.6 Å². The molecule has 0 amide bonds. The third-order valence-corrected chi connectivity index (χ3v) is 5.03. The first-order valence-corrected chi connectivity index (χ1v) is 9.83. The summed E-state index contributed by atoms with van der Waals surface area (Å²) < 4.78 is 21.4. The lowest BCUT2D eigenvalue weighted by Crippen LogP contribution is -2.32. The number of methoxy groups -OCH3 is 2. The Hall–Kier alpha value is -2.78. The maximum absolute atomic E-state index is 11.4. The van der Waals surface area contributed by atoms with Crippen molar-refractivity contribution in [3.63, 3.8) is 0 Å². The van der Waals surface area contributed by atoms with Crippen LogP contribution in [-0.4, -0.2) is 56.5 Å². The Morgan fingerprint density at radius 2 is 2.10 bits per heavy atom. The molecule has 1 aliphatic rings. The van der Waals surface area contributed by atoms with Gasteiger partial charge in [0, 0.05) is 36.0 Å². The molecule has 0 spiro atoms. The van der Waals surface area contributed by atoms with Gasteiger partial charge in [0.25, 0.3) is 0 Å². The van der Waals surface area contributed by atoms with E-state index in [0.717, 1.165) is 17.7 Å². The summed E-state index contributed by atoms with van der Waals surface area (Å²) in [6.45, 7) is 3.37. The largest absolute Gasteiger partial charge is 0.493 e. The smallest absolute Gasteiger partial charge is 0.343 e. The molecule has 1 atom stereocenters. The van der Waals surface area contributed by atoms with Crippen molar-refractivity contribution in [2.24, 2.45) is 0 Å². The number of benzene rings is 1. The number of anilines is 2. The first-order valence-electron chi connectivity index (χ1n) is 9.45. The molecule has 1 unspecified atom stereocenters. The van der Waals surface area contributed by atoms with Crippen LogP contribution in [-0.2, 0) is 14.3 Å². The molecule has 10 heteroatoms. The van der Waals surface area contributed by atoms with Crippen LogP contribution in [0.3, 0.4) is 0 Å². The molecule has 0 aliphatic carbocycles. The van der Waals surface area contributed by atoms with E-state index >= 15 is 0 Å². The number of esters is 1. The van der Waals surface area contributed by atoms with Crippen LogP contribution in [0.1, 0.15) is 23.7 Å². The van der Waals surface area contributed by atoms with Crippen molar-refractivity contribution in [3.05, 3.63) is 34.5 Å². The van der Waals surface area contributed by atoms with Gasteiger partial charge >= 0.3 is 5.97 Å². The lowest BCUT2D eigenvalue weighted by Gasteiger charge is -2.32. The number of rotatable bonds is 6. The average molecular weight is 437 g/mol. The summed E-state index contributed by atoms with van der Waals surface area (Å²) in [5.74, 6) is 1.21. The number of carbonyl (C=O) groups is 1. The zero-order valence-electron chi connectivity index (χ0n) is 17.2. The molecule has 1 fully saturated rings. The minimum Gasteiger partial charge on any atom is -0.493 e. The SMILES string of the molecule is COC(=O)COc1cc(Cl)c(C2COCCCN2c2cc(C)nc(N)n2)cc1OC. The second-order valence-corrected chi connectivity index (χ2v) is 7.16. The molecule has 30 heavy (non-hydrogen) atoms. The summed E-state index contributed by atoms with van der Waals surface area (Å²) in [6, 6.07) is 5.07. The van der Waals surface area contributed by atoms with E-state index in [1.165, 1.54) is 14.2 Å². The summed E-state index contributed by atoms with van der Waals surface area (Å²) >= 11 is 6.62. The molecule has 1 aromatic carbocycles. The predicted octanol–water partition coefficient (Wildman–Crippen LogP) is 2.55. The van der Waals surface area contributed by atoms with Crippen LogP contribution in [0.4, 0.5) is 11.8 Å². The van der Waals surface area contributed by atoms with Crippen molar-refractivity contribution in [1.29, 1.82) is 0 Å². The van der Waals surface area contributed by atoms with Crippen molar-refractivity contribution in [3.8, 4) is 11.5 Å². The lowest BCUT2D eigenvalue weighted by molar-refractivity contribution is -0.142. The topological polar surface area (TPSA) is 109 Å². The minimum atomic E-state index is -0.502. The number of hydrogen-bond donors (Lipinski definition) is 1. The number of ether oxygens (including phenoxy) is 4. The van der Waals surface area contributed by atoms with Gasteiger partial charge in [0.1, 0.15) is 5.82 Å². The Labute approximate surface area is 180 Å². The molecule has 9 nitrogen and oxygen atoms in total. The Bertz CT molecular complexity index is 891. The molecule has 0 saturated carbocycles. The van der Waals surface area contributed by atoms with Crippen LogP contribution in [0, 0.1) is 6.92 Å². The number of aryl methyl sites for hydroxylation is 1. The maximum Gasteiger partial charge on any atom is 0.343 e. The van der Waals surface area contributed by atoms with E-state index in [9.17, 15) is 4.79 Å². The minimum absolute atomic E-state index is 0.212. The lowest BCUT2D eigenvalue weighted by atomic mass is 10.0. The Morgan fingerprint density at radius 3 is 2.80 bits per heavy atom. The molecule has 162 valence electrons. The monoisotopic (exact) mass is 436 g/mol. The van der Waals surface area contributed by atoms with E-state index in [1.807, 2.05) is 13.0 Å². The number of carbonyl (C=O) groups excluding carboxylic acids is 1. The zero-order valence-corrected chi connectivity index (χ0v) is 17.9. The van der Waals surface area contributed by atoms with E-state index in [4.69, 9.17) is 31.5 Å². The van der Waals surface area contributed by atoms with Crippen LogP contribution in [0.5, 0.6) is 11.5 Å². The number of aromatic nitrogens is 2. The molecule has 2 heterocycles. The molecule has 1 aliphatic heterocycles. The van der Waals surface area contributed by atoms with Crippen LogP contribution in [0.25, 0.3) is 0 Å². The van der Waals surface area contributed by atoms with Crippen molar-refractivity contribution in [2.75, 3.05) is 51.2 Å². The molecule has 2 aromatic rings. The maximum atomic E-state index is 11.4. The van der Waals surface area contributed by atoms with Gasteiger partial charge in [-0.15, -0.1) is 0 Å². The summed E-state index contributed by atoms with van der Waals surface area (Å²) in [4.78, 5) is 22.1. The van der Waals surface area contributed by atoms with Gasteiger partial charge in [-0.05, 0) is 25.0 Å². The van der Waals surface area contributed by atoms with Crippen LogP contribution in [0.2, 0.25) is 5.02 Å². The number of nitrogen functional groups attached to an aromatic ring is 1. The van der Waals surface area contributed by atoms with Gasteiger partial charge in [-0.2, -0.15) is 4.98 Å². The van der Waals surface area contributed by atoms with Crippen LogP contribution < -0.4 is 20.1 Å². The fourth-order valence-corrected chi connectivity index (χ4v) is 3.58. The number of nitrogens with zero attached hydrogens (tertiary/aromatic N) is 3. The summed E-state index contributed by atoms with van der Waals surface area (Å²) in [5.41, 5.74) is 7.44. The van der Waals surface area contributed by atoms with Crippen LogP contribution in [0.15, 0.2) is 18.2 Å². The van der Waals surface area contributed by atoms with Crippen molar-refractivity contribution in [1.82, 2.24) is 9.97 Å². The van der Waals surface area contributed by atoms with Gasteiger partial charge in [0.2, 0.25) is 5.95 Å². The van der Waals surface area contributed by atoms with Crippen molar-refractivity contribution in [2.45, 2.75) is 19.4 Å². The fraction of sp³-hybridized carbons (Fsp3) is 0.450. The van der Waals surface area contributed by atoms with Gasteiger partial charge in [0.05, 0.1) is 26.9 Å². The normalized spacial score (nSPS) is 16.7. The van der Waals surface area contributed by atoms with Gasteiger partial charge in [-0.3, -0.25) is 0 Å². The molecule has 2 N–H and O–H groups in total. The Kier molecular flexibility index (Phi) is 7.17. The molecule has 0 bridgehead atoms. The summed E-state index contributed by atoms with van der Waals surface area (Å²) in [7, 11) is 2.81. The number of nitrogens with two attached hydrogens (primary N) is 1. The van der Waals surface area contributed by atoms with Gasteiger partial charge in [-0.25, -0.2) is 9.78 Å².